The molecule has 6 heterocycles. The molecule has 16 heteroatoms. The number of phenolic OH excluding ortho intramolecular Hbond substituents is 2. The maximum Gasteiger partial charge on any atom is 0.319 e. The average Bonchev–Trinajstić information content (AvgIpc) is 3.86. The molecule has 4 N–H and O–H groups in total. The van der Waals surface area contributed by atoms with E-state index in [4.69, 9.17) is 26.1 Å². The van der Waals surface area contributed by atoms with Gasteiger partial charge in [-0.15, -0.1) is 16.6 Å². The summed E-state index contributed by atoms with van der Waals surface area (Å²) in [6.07, 6.45) is 11.9. The minimum atomic E-state index is -0.523. The first-order valence-corrected chi connectivity index (χ1v) is 24.8. The number of anilines is 1. The molecule has 2 atom stereocenters. The second kappa shape index (κ2) is 18.9. The number of halogens is 1. The number of fused-ring (bicyclic) bond motifs is 4. The summed E-state index contributed by atoms with van der Waals surface area (Å²) in [5.41, 5.74) is 4.44. The molecule has 15 nitrogen and oxygen atoms in total. The Morgan fingerprint density at radius 2 is 1.68 bits per heavy atom. The van der Waals surface area contributed by atoms with Crippen LogP contribution in [0.15, 0.2) is 79.0 Å². The predicted octanol–water partition coefficient (Wildman–Crippen LogP) is 7.41. The van der Waals surface area contributed by atoms with Crippen molar-refractivity contribution >= 4 is 33.4 Å². The van der Waals surface area contributed by atoms with Crippen molar-refractivity contribution in [3.05, 3.63) is 107 Å². The molecule has 71 heavy (non-hydrogen) atoms. The molecule has 0 spiro atoms. The molecule has 364 valence electrons. The van der Waals surface area contributed by atoms with Crippen LogP contribution in [0.25, 0.3) is 50.0 Å². The van der Waals surface area contributed by atoms with E-state index in [1.54, 1.807) is 16.8 Å². The lowest BCUT2D eigenvalue weighted by Crippen LogP contribution is -2.51. The molecule has 3 aromatic heterocycles. The van der Waals surface area contributed by atoms with E-state index in [1.165, 1.54) is 6.07 Å². The number of hydrogen-bond donors (Lipinski definition) is 4. The molecule has 11 rings (SSSR count). The highest BCUT2D eigenvalue weighted by Crippen LogP contribution is 2.47. The van der Waals surface area contributed by atoms with Crippen LogP contribution in [0.4, 0.5) is 10.2 Å². The quantitative estimate of drug-likeness (QED) is 0.0796. The second-order valence-corrected chi connectivity index (χ2v) is 20.0. The van der Waals surface area contributed by atoms with E-state index in [0.29, 0.717) is 70.2 Å². The Kier molecular flexibility index (Phi) is 12.3. The highest BCUT2D eigenvalue weighted by Gasteiger charge is 2.45. The number of piperazine rings is 2. The molecular formula is C55H58FN11O4. The molecule has 1 amide bonds. The lowest BCUT2D eigenvalue weighted by Gasteiger charge is -2.36. The number of amides is 1. The number of benzene rings is 4. The van der Waals surface area contributed by atoms with Crippen LogP contribution in [-0.2, 0) is 6.54 Å². The number of carbonyl (C=O) groups is 1. The zero-order valence-electron chi connectivity index (χ0n) is 40.3. The van der Waals surface area contributed by atoms with Crippen LogP contribution in [0.3, 0.4) is 0 Å². The summed E-state index contributed by atoms with van der Waals surface area (Å²) in [5, 5.41) is 38.9. The van der Waals surface area contributed by atoms with Gasteiger partial charge in [0.15, 0.2) is 11.6 Å². The normalized spacial score (nSPS) is 18.8. The van der Waals surface area contributed by atoms with Gasteiger partial charge in [-0.1, -0.05) is 62.2 Å². The van der Waals surface area contributed by atoms with Crippen molar-refractivity contribution < 1.29 is 24.1 Å². The Bertz CT molecular complexity index is 3200. The van der Waals surface area contributed by atoms with E-state index in [0.717, 1.165) is 94.4 Å². The van der Waals surface area contributed by atoms with Crippen LogP contribution in [0.1, 0.15) is 79.7 Å². The molecule has 2 unspecified atom stereocenters. The van der Waals surface area contributed by atoms with Gasteiger partial charge in [-0.3, -0.25) is 19.2 Å². The molecule has 1 saturated carbocycles. The zero-order chi connectivity index (χ0) is 49.0. The van der Waals surface area contributed by atoms with E-state index in [1.807, 2.05) is 81.4 Å². The van der Waals surface area contributed by atoms with Crippen molar-refractivity contribution in [2.45, 2.75) is 71.0 Å². The van der Waals surface area contributed by atoms with Gasteiger partial charge in [0.25, 0.3) is 5.91 Å². The number of hydrogen-bond acceptors (Lipinski definition) is 13. The highest BCUT2D eigenvalue weighted by molar-refractivity contribution is 6.02. The van der Waals surface area contributed by atoms with Gasteiger partial charge in [0.1, 0.15) is 28.5 Å². The van der Waals surface area contributed by atoms with Gasteiger partial charge >= 0.3 is 6.01 Å². The summed E-state index contributed by atoms with van der Waals surface area (Å²) in [4.78, 5) is 35.0. The van der Waals surface area contributed by atoms with Crippen molar-refractivity contribution in [2.75, 3.05) is 63.9 Å². The lowest BCUT2D eigenvalue weighted by atomic mass is 9.97. The van der Waals surface area contributed by atoms with Crippen LogP contribution < -0.4 is 20.3 Å². The van der Waals surface area contributed by atoms with Crippen molar-refractivity contribution in [1.29, 1.82) is 0 Å². The third-order valence-electron chi connectivity index (χ3n) is 14.8. The summed E-state index contributed by atoms with van der Waals surface area (Å²) in [5.74, 6) is 2.72. The molecule has 0 radical (unpaired) electrons. The minimum absolute atomic E-state index is 0.00800. The third kappa shape index (κ3) is 8.98. The van der Waals surface area contributed by atoms with E-state index in [-0.39, 0.29) is 51.8 Å². The van der Waals surface area contributed by atoms with Crippen LogP contribution in [-0.4, -0.2) is 127 Å². The summed E-state index contributed by atoms with van der Waals surface area (Å²) in [7, 11) is 0. The number of phenols is 2. The van der Waals surface area contributed by atoms with E-state index >= 15 is 4.39 Å². The topological polar surface area (TPSA) is 170 Å². The van der Waals surface area contributed by atoms with Gasteiger partial charge in [0, 0.05) is 111 Å². The Labute approximate surface area is 412 Å². The lowest BCUT2D eigenvalue weighted by molar-refractivity contribution is 0.0920. The standard InChI is InChI=1S/C55H58FN11O4/c1-5-35-9-7-10-36-11-8-12-40(46(35)36)48-47(56)49-43(27-58-48)50(66-29-37-15-16-38(30-66)59-37)61-54(60-49)71-32-55(19-20-55)31-65-23-21-64(22-24-65)28-34-13-17-39(18-14-34)67-51(62-63-52(67)53(70)57-6-2)42-25-41(33(3)4)44(68)26-45(42)69/h1,7-14,17-18,25-27,33,37-38,59,68-69H,6,15-16,19-24,28-32H2,2-4H3,(H,57,70). The van der Waals surface area contributed by atoms with Gasteiger partial charge in [-0.05, 0) is 79.3 Å². The van der Waals surface area contributed by atoms with Gasteiger partial charge < -0.3 is 35.4 Å². The average molecular weight is 956 g/mol. The number of nitrogens with one attached hydrogen (secondary N) is 2. The van der Waals surface area contributed by atoms with Crippen molar-refractivity contribution in [2.24, 2.45) is 5.41 Å². The minimum Gasteiger partial charge on any atom is -0.508 e. The molecule has 4 fully saturated rings. The second-order valence-electron chi connectivity index (χ2n) is 20.0. The van der Waals surface area contributed by atoms with Crippen LogP contribution >= 0.6 is 0 Å². The Morgan fingerprint density at radius 1 is 0.944 bits per heavy atom. The van der Waals surface area contributed by atoms with E-state index in [9.17, 15) is 15.0 Å². The smallest absolute Gasteiger partial charge is 0.319 e. The number of rotatable bonds is 14. The fourth-order valence-corrected chi connectivity index (χ4v) is 10.8. The fourth-order valence-electron chi connectivity index (χ4n) is 10.8. The molecule has 7 aromatic rings. The maximum atomic E-state index is 17.1. The summed E-state index contributed by atoms with van der Waals surface area (Å²) in [6.45, 7) is 13.4. The Morgan fingerprint density at radius 3 is 2.38 bits per heavy atom. The molecule has 3 saturated heterocycles. The molecule has 1 aliphatic carbocycles. The van der Waals surface area contributed by atoms with Crippen LogP contribution in [0.5, 0.6) is 17.5 Å². The molecule has 4 aromatic carbocycles. The third-order valence-corrected chi connectivity index (χ3v) is 14.8. The number of terminal acetylenes is 1. The Hall–Kier alpha value is -7.19. The van der Waals surface area contributed by atoms with E-state index < -0.39 is 5.82 Å². The first-order valence-electron chi connectivity index (χ1n) is 24.8. The Balaban J connectivity index is 0.776. The fraction of sp³-hybridized carbons (Fsp3) is 0.382. The molecule has 4 aliphatic rings. The molecule has 3 aliphatic heterocycles. The number of carbonyl (C=O) groups excluding carboxylic acids is 1. The summed E-state index contributed by atoms with van der Waals surface area (Å²) < 4.78 is 25.3. The van der Waals surface area contributed by atoms with Crippen LogP contribution in [0.2, 0.25) is 0 Å². The SMILES string of the molecule is C#Cc1cccc2cccc(-c3ncc4c(N5CC6CCC(C5)N6)nc(OCC5(CN6CCN(Cc7ccc(-n8c(C(=O)NCC)nnc8-c8cc(C(C)C)c(O)cc8O)cc7)CC6)CC5)nc4c3F)c12. The number of nitrogens with zero attached hydrogens (tertiary/aromatic N) is 9. The number of ether oxygens (including phenoxy) is 1. The predicted molar refractivity (Wildman–Crippen MR) is 271 cm³/mol. The van der Waals surface area contributed by atoms with E-state index in [2.05, 4.69) is 41.5 Å². The van der Waals surface area contributed by atoms with Gasteiger partial charge in [0.2, 0.25) is 5.82 Å². The van der Waals surface area contributed by atoms with Crippen molar-refractivity contribution in [3.8, 4) is 58.2 Å². The summed E-state index contributed by atoms with van der Waals surface area (Å²) >= 11 is 0. The van der Waals surface area contributed by atoms with Crippen molar-refractivity contribution in [3.63, 3.8) is 0 Å². The zero-order valence-corrected chi connectivity index (χ0v) is 40.3. The molecule has 2 bridgehead atoms. The first-order chi connectivity index (χ1) is 34.5. The monoisotopic (exact) mass is 955 g/mol. The van der Waals surface area contributed by atoms with Gasteiger partial charge in [0.05, 0.1) is 17.6 Å². The van der Waals surface area contributed by atoms with Gasteiger partial charge in [-0.2, -0.15) is 9.97 Å². The van der Waals surface area contributed by atoms with Crippen LogP contribution in [0, 0.1) is 23.6 Å². The largest absolute Gasteiger partial charge is 0.508 e. The highest BCUT2D eigenvalue weighted by atomic mass is 19.1. The number of pyridine rings is 1. The number of aromatic hydroxyl groups is 2. The summed E-state index contributed by atoms with van der Waals surface area (Å²) in [6, 6.07) is 23.3. The first kappa shape index (κ1) is 46.2. The number of aromatic nitrogens is 6. The molecular weight excluding hydrogens is 898 g/mol. The maximum absolute atomic E-state index is 17.1. The van der Waals surface area contributed by atoms with Crippen molar-refractivity contribution in [1.82, 2.24) is 50.1 Å². The van der Waals surface area contributed by atoms with Gasteiger partial charge in [-0.25, -0.2) is 4.39 Å².